The van der Waals surface area contributed by atoms with Crippen LogP contribution in [0.15, 0.2) is 24.3 Å². The van der Waals surface area contributed by atoms with Gasteiger partial charge >= 0.3 is 0 Å². The van der Waals surface area contributed by atoms with Gasteiger partial charge in [-0.1, -0.05) is 38.0 Å². The summed E-state index contributed by atoms with van der Waals surface area (Å²) in [6.07, 6.45) is 10.6. The number of hydrogen-bond acceptors (Lipinski definition) is 0. The van der Waals surface area contributed by atoms with Crippen LogP contribution < -0.4 is 0 Å². The zero-order chi connectivity index (χ0) is 10.5. The van der Waals surface area contributed by atoms with E-state index in [0.29, 0.717) is 0 Å². The Morgan fingerprint density at radius 1 is 1.15 bits per heavy atom. The van der Waals surface area contributed by atoms with Crippen molar-refractivity contribution >= 4 is 0 Å². The van der Waals surface area contributed by atoms with E-state index in [1.165, 1.54) is 37.7 Å². The fourth-order valence-electron chi connectivity index (χ4n) is 1.01. The minimum absolute atomic E-state index is 1.18. The van der Waals surface area contributed by atoms with Gasteiger partial charge in [0, 0.05) is 0 Å². The maximum Gasteiger partial charge on any atom is -0.0323 e. The smallest absolute Gasteiger partial charge is 0.0323 e. The van der Waals surface area contributed by atoms with Crippen LogP contribution in [0.2, 0.25) is 0 Å². The molecule has 0 unspecified atom stereocenters. The van der Waals surface area contributed by atoms with Gasteiger partial charge in [0.15, 0.2) is 0 Å². The van der Waals surface area contributed by atoms with E-state index < -0.39 is 0 Å². The standard InChI is InChI=1S/C11H20.C2H6/c1-4-6-7-8-9-10-11(3)5-2;1-2/h4-5H,1,6-10H2,2-3H3;1-2H3/b11-5-;. The number of allylic oxidation sites excluding steroid dienone is 3. The maximum atomic E-state index is 3.70. The molecule has 0 N–H and O–H groups in total. The van der Waals surface area contributed by atoms with Crippen LogP contribution in [0.25, 0.3) is 0 Å². The van der Waals surface area contributed by atoms with Crippen molar-refractivity contribution < 1.29 is 0 Å². The molecule has 0 saturated carbocycles. The quantitative estimate of drug-likeness (QED) is 0.395. The Kier molecular flexibility index (Phi) is 16.2. The molecule has 0 rings (SSSR count). The molecule has 0 heterocycles. The van der Waals surface area contributed by atoms with Crippen LogP contribution in [0.5, 0.6) is 0 Å². The molecule has 13 heavy (non-hydrogen) atoms. The summed E-state index contributed by atoms with van der Waals surface area (Å²) in [6, 6.07) is 0. The van der Waals surface area contributed by atoms with Gasteiger partial charge in [-0.15, -0.1) is 6.58 Å². The fraction of sp³-hybridized carbons (Fsp3) is 0.692. The Hall–Kier alpha value is -0.520. The van der Waals surface area contributed by atoms with Gasteiger partial charge < -0.3 is 0 Å². The van der Waals surface area contributed by atoms with Crippen LogP contribution >= 0.6 is 0 Å². The number of rotatable bonds is 6. The monoisotopic (exact) mass is 182 g/mol. The van der Waals surface area contributed by atoms with Crippen molar-refractivity contribution in [2.75, 3.05) is 0 Å². The number of unbranched alkanes of at least 4 members (excludes halogenated alkanes) is 3. The van der Waals surface area contributed by atoms with Gasteiger partial charge in [-0.25, -0.2) is 0 Å². The first kappa shape index (κ1) is 15.0. The van der Waals surface area contributed by atoms with E-state index in [0.717, 1.165) is 0 Å². The third kappa shape index (κ3) is 14.3. The second kappa shape index (κ2) is 14.0. The highest BCUT2D eigenvalue weighted by Crippen LogP contribution is 2.08. The molecule has 0 radical (unpaired) electrons. The molecule has 78 valence electrons. The molecule has 0 aliphatic heterocycles. The molecular weight excluding hydrogens is 156 g/mol. The van der Waals surface area contributed by atoms with Crippen LogP contribution in [0, 0.1) is 0 Å². The molecular formula is C13H26. The summed E-state index contributed by atoms with van der Waals surface area (Å²) < 4.78 is 0. The molecule has 0 atom stereocenters. The van der Waals surface area contributed by atoms with Gasteiger partial charge in [0.05, 0.1) is 0 Å². The van der Waals surface area contributed by atoms with Crippen LogP contribution in [0.1, 0.15) is 59.8 Å². The zero-order valence-electron chi connectivity index (χ0n) is 9.90. The average molecular weight is 182 g/mol. The Balaban J connectivity index is 0. The zero-order valence-corrected chi connectivity index (χ0v) is 9.90. The summed E-state index contributed by atoms with van der Waals surface area (Å²) in [5.74, 6) is 0. The molecule has 0 aromatic rings. The second-order valence-electron chi connectivity index (χ2n) is 3.02. The van der Waals surface area contributed by atoms with Crippen LogP contribution in [-0.2, 0) is 0 Å². The van der Waals surface area contributed by atoms with Crippen molar-refractivity contribution in [2.24, 2.45) is 0 Å². The first-order chi connectivity index (χ1) is 6.31. The topological polar surface area (TPSA) is 0 Å². The van der Waals surface area contributed by atoms with Crippen molar-refractivity contribution in [3.63, 3.8) is 0 Å². The molecule has 0 bridgehead atoms. The summed E-state index contributed by atoms with van der Waals surface area (Å²) in [5, 5.41) is 0. The van der Waals surface area contributed by atoms with Gasteiger partial charge in [0.2, 0.25) is 0 Å². The van der Waals surface area contributed by atoms with Gasteiger partial charge in [0.25, 0.3) is 0 Å². The van der Waals surface area contributed by atoms with E-state index >= 15 is 0 Å². The van der Waals surface area contributed by atoms with Crippen molar-refractivity contribution in [3.8, 4) is 0 Å². The molecule has 0 saturated heterocycles. The lowest BCUT2D eigenvalue weighted by molar-refractivity contribution is 0.684. The molecule has 0 nitrogen and oxygen atoms in total. The minimum Gasteiger partial charge on any atom is -0.103 e. The van der Waals surface area contributed by atoms with E-state index in [4.69, 9.17) is 0 Å². The predicted octanol–water partition coefficient (Wildman–Crippen LogP) is 5.12. The summed E-state index contributed by atoms with van der Waals surface area (Å²) in [5.41, 5.74) is 1.52. The molecule has 0 amide bonds. The minimum atomic E-state index is 1.18. The van der Waals surface area contributed by atoms with E-state index in [1.807, 2.05) is 19.9 Å². The lowest BCUT2D eigenvalue weighted by Gasteiger charge is -1.98. The van der Waals surface area contributed by atoms with Crippen molar-refractivity contribution in [3.05, 3.63) is 24.3 Å². The van der Waals surface area contributed by atoms with Crippen molar-refractivity contribution in [2.45, 2.75) is 59.8 Å². The number of hydrogen-bond donors (Lipinski definition) is 0. The largest absolute Gasteiger partial charge is 0.103 e. The Labute approximate surface area is 84.7 Å². The summed E-state index contributed by atoms with van der Waals surface area (Å²) in [4.78, 5) is 0. The lowest BCUT2D eigenvalue weighted by Crippen LogP contribution is -1.78. The van der Waals surface area contributed by atoms with Crippen LogP contribution in [-0.4, -0.2) is 0 Å². The third-order valence-corrected chi connectivity index (χ3v) is 1.97. The maximum absolute atomic E-state index is 3.70. The summed E-state index contributed by atoms with van der Waals surface area (Å²) in [7, 11) is 0. The Morgan fingerprint density at radius 2 is 1.77 bits per heavy atom. The normalized spacial score (nSPS) is 10.3. The van der Waals surface area contributed by atoms with Crippen molar-refractivity contribution in [1.29, 1.82) is 0 Å². The van der Waals surface area contributed by atoms with Crippen molar-refractivity contribution in [1.82, 2.24) is 0 Å². The molecule has 0 aromatic carbocycles. The summed E-state index contributed by atoms with van der Waals surface area (Å²) in [6.45, 7) is 12.0. The molecule has 0 aliphatic rings. The molecule has 0 spiro atoms. The SMILES string of the molecule is C=CCCCCC/C(C)=C\C.CC. The van der Waals surface area contributed by atoms with E-state index in [2.05, 4.69) is 26.5 Å². The van der Waals surface area contributed by atoms with Gasteiger partial charge in [-0.3, -0.25) is 0 Å². The molecule has 0 fully saturated rings. The van der Waals surface area contributed by atoms with Gasteiger partial charge in [0.1, 0.15) is 0 Å². The Bertz CT molecular complexity index is 120. The highest BCUT2D eigenvalue weighted by Gasteiger charge is 1.88. The molecule has 0 heteroatoms. The van der Waals surface area contributed by atoms with Crippen LogP contribution in [0.4, 0.5) is 0 Å². The second-order valence-corrected chi connectivity index (χ2v) is 3.02. The van der Waals surface area contributed by atoms with E-state index in [-0.39, 0.29) is 0 Å². The predicted molar refractivity (Wildman–Crippen MR) is 64.1 cm³/mol. The van der Waals surface area contributed by atoms with E-state index in [1.54, 1.807) is 0 Å². The highest BCUT2D eigenvalue weighted by molar-refractivity contribution is 4.94. The first-order valence-corrected chi connectivity index (χ1v) is 5.54. The third-order valence-electron chi connectivity index (χ3n) is 1.97. The first-order valence-electron chi connectivity index (χ1n) is 5.54. The molecule has 0 aromatic heterocycles. The highest BCUT2D eigenvalue weighted by atomic mass is 13.9. The van der Waals surface area contributed by atoms with Crippen LogP contribution in [0.3, 0.4) is 0 Å². The molecule has 0 aliphatic carbocycles. The fourth-order valence-corrected chi connectivity index (χ4v) is 1.01. The van der Waals surface area contributed by atoms with Gasteiger partial charge in [-0.2, -0.15) is 0 Å². The average Bonchev–Trinajstić information content (AvgIpc) is 2.20. The lowest BCUT2D eigenvalue weighted by atomic mass is 10.1. The Morgan fingerprint density at radius 3 is 2.23 bits per heavy atom. The summed E-state index contributed by atoms with van der Waals surface area (Å²) >= 11 is 0. The van der Waals surface area contributed by atoms with Gasteiger partial charge in [-0.05, 0) is 39.5 Å². The van der Waals surface area contributed by atoms with E-state index in [9.17, 15) is 0 Å².